The van der Waals surface area contributed by atoms with Crippen LogP contribution in [0.5, 0.6) is 0 Å². The topological polar surface area (TPSA) is 164 Å². The van der Waals surface area contributed by atoms with Crippen LogP contribution in [-0.4, -0.2) is 72.6 Å². The minimum atomic E-state index is -4.16. The first-order chi connectivity index (χ1) is 23.1. The Morgan fingerprint density at radius 2 is 1.51 bits per heavy atom. The lowest BCUT2D eigenvalue weighted by Crippen LogP contribution is -2.42. The molecule has 0 spiro atoms. The molecule has 0 aliphatic carbocycles. The van der Waals surface area contributed by atoms with Gasteiger partial charge in [-0.15, -0.1) is 0 Å². The van der Waals surface area contributed by atoms with E-state index in [0.717, 1.165) is 39.0 Å². The molecule has 0 fully saturated rings. The highest BCUT2D eigenvalue weighted by Gasteiger charge is 2.30. The van der Waals surface area contributed by atoms with Crippen molar-refractivity contribution in [1.29, 1.82) is 0 Å². The summed E-state index contributed by atoms with van der Waals surface area (Å²) >= 11 is 0. The van der Waals surface area contributed by atoms with E-state index in [-0.39, 0.29) is 35.3 Å². The predicted octanol–water partition coefficient (Wildman–Crippen LogP) is 4.90. The number of aliphatic hydroxyl groups is 1. The van der Waals surface area contributed by atoms with Crippen molar-refractivity contribution in [1.82, 2.24) is 9.03 Å². The summed E-state index contributed by atoms with van der Waals surface area (Å²) in [6.07, 6.45) is 3.27. The first-order valence-corrected chi connectivity index (χ1v) is 20.3. The third-order valence-corrected chi connectivity index (χ3v) is 11.7. The Labute approximate surface area is 290 Å². The molecule has 4 aromatic carbocycles. The number of nitrogens with one attached hydrogen (secondary N) is 1. The Balaban J connectivity index is 1.63. The number of aliphatic hydroxyl groups excluding tert-OH is 1. The van der Waals surface area contributed by atoms with Crippen LogP contribution in [0.2, 0.25) is 0 Å². The van der Waals surface area contributed by atoms with E-state index in [4.69, 9.17) is 0 Å². The van der Waals surface area contributed by atoms with Crippen molar-refractivity contribution in [2.45, 2.75) is 42.2 Å². The second-order valence-corrected chi connectivity index (χ2v) is 17.5. The average molecular weight is 728 g/mol. The van der Waals surface area contributed by atoms with Crippen LogP contribution in [0.3, 0.4) is 0 Å². The molecule has 0 bridgehead atoms. The van der Waals surface area contributed by atoms with Crippen molar-refractivity contribution in [3.05, 3.63) is 125 Å². The number of sulfonamides is 2. The van der Waals surface area contributed by atoms with Crippen molar-refractivity contribution >= 4 is 47.3 Å². The summed E-state index contributed by atoms with van der Waals surface area (Å²) in [5.74, 6) is -0.872. The third kappa shape index (κ3) is 11.1. The van der Waals surface area contributed by atoms with E-state index in [1.165, 1.54) is 12.1 Å². The summed E-state index contributed by atoms with van der Waals surface area (Å²) in [6, 6.07) is 26.0. The Morgan fingerprint density at radius 1 is 0.878 bits per heavy atom. The average Bonchev–Trinajstić information content (AvgIpc) is 3.05. The normalized spacial score (nSPS) is 15.1. The predicted molar refractivity (Wildman–Crippen MR) is 192 cm³/mol. The summed E-state index contributed by atoms with van der Waals surface area (Å²) < 4.78 is 69.4. The Hall–Kier alpha value is -3.79. The molecule has 0 aliphatic heterocycles. The summed E-state index contributed by atoms with van der Waals surface area (Å²) in [6.45, 7) is 3.44. The number of hydrogen-bond acceptors (Lipinski definition) is 8. The molecule has 4 rings (SSSR count). The van der Waals surface area contributed by atoms with Crippen LogP contribution in [0.15, 0.2) is 119 Å². The number of non-ortho nitro benzene ring substituents is 1. The van der Waals surface area contributed by atoms with Gasteiger partial charge >= 0.3 is 0 Å². The molecule has 0 heterocycles. The maximum absolute atomic E-state index is 13.7. The molecule has 2 N–H and O–H groups in total. The van der Waals surface area contributed by atoms with Gasteiger partial charge in [-0.1, -0.05) is 86.7 Å². The van der Waals surface area contributed by atoms with Gasteiger partial charge in [-0.25, -0.2) is 21.6 Å². The molecule has 0 saturated carbocycles. The monoisotopic (exact) mass is 727 g/mol. The number of fused-ring (bicyclic) bond motifs is 1. The van der Waals surface area contributed by atoms with Crippen LogP contribution in [-0.2, 0) is 37.3 Å². The zero-order valence-corrected chi connectivity index (χ0v) is 29.9. The fourth-order valence-corrected chi connectivity index (χ4v) is 9.01. The lowest BCUT2D eigenvalue weighted by Gasteiger charge is -2.29. The summed E-state index contributed by atoms with van der Waals surface area (Å²) in [4.78, 5) is 10.9. The molecule has 0 aromatic heterocycles. The third-order valence-electron chi connectivity index (χ3n) is 7.72. The van der Waals surface area contributed by atoms with Gasteiger partial charge in [0, 0.05) is 41.8 Å². The van der Waals surface area contributed by atoms with Gasteiger partial charge in [0.25, 0.3) is 5.69 Å². The molecule has 0 saturated heterocycles. The second kappa shape index (κ2) is 16.7. The molecule has 4 atom stereocenters. The molecule has 0 aliphatic rings. The van der Waals surface area contributed by atoms with Gasteiger partial charge in [0.05, 0.1) is 39.0 Å². The largest absolute Gasteiger partial charge is 0.391 e. The van der Waals surface area contributed by atoms with E-state index < -0.39 is 53.8 Å². The molecule has 0 amide bonds. The standard InChI is InChI=1S/C35H41N3O8S3/c1-26(2)23-37(49(45,46)34-19-16-32(17-20-34)38(40)41)24-35(39)30(21-27-9-5-4-6-10-27)13-15-31(36-48(3,43)44)25-47(42)33-18-14-28-11-7-8-12-29(28)22-33/h4-20,22,26,30-31,35-36,39H,21,23-25H2,1-3H3/b15-13+/t30-,31-,35+,47?/m0/s1. The quantitative estimate of drug-likeness (QED) is 0.0882. The van der Waals surface area contributed by atoms with E-state index in [0.29, 0.717) is 11.3 Å². The maximum Gasteiger partial charge on any atom is 0.269 e. The van der Waals surface area contributed by atoms with Crippen LogP contribution < -0.4 is 4.72 Å². The summed E-state index contributed by atoms with van der Waals surface area (Å²) in [5, 5.41) is 24.6. The van der Waals surface area contributed by atoms with Gasteiger partial charge < -0.3 is 5.11 Å². The van der Waals surface area contributed by atoms with Crippen molar-refractivity contribution in [2.75, 3.05) is 25.1 Å². The highest BCUT2D eigenvalue weighted by molar-refractivity contribution is 7.89. The first-order valence-electron chi connectivity index (χ1n) is 15.6. The smallest absolute Gasteiger partial charge is 0.269 e. The molecule has 0 radical (unpaired) electrons. The molecule has 49 heavy (non-hydrogen) atoms. The van der Waals surface area contributed by atoms with E-state index in [1.807, 2.05) is 80.6 Å². The fourth-order valence-electron chi connectivity index (χ4n) is 5.38. The molecule has 14 heteroatoms. The fraction of sp³-hybridized carbons (Fsp3) is 0.314. The van der Waals surface area contributed by atoms with Crippen molar-refractivity contribution in [2.24, 2.45) is 11.8 Å². The van der Waals surface area contributed by atoms with Gasteiger partial charge in [-0.3, -0.25) is 14.3 Å². The zero-order valence-electron chi connectivity index (χ0n) is 27.5. The van der Waals surface area contributed by atoms with Gasteiger partial charge in [0.1, 0.15) is 0 Å². The zero-order chi connectivity index (χ0) is 35.8. The second-order valence-electron chi connectivity index (χ2n) is 12.3. The number of nitro benzene ring substituents is 1. The number of hydrogen-bond donors (Lipinski definition) is 2. The van der Waals surface area contributed by atoms with E-state index in [9.17, 15) is 36.3 Å². The van der Waals surface area contributed by atoms with Crippen LogP contribution in [0.4, 0.5) is 5.69 Å². The Bertz CT molecular complexity index is 2000. The van der Waals surface area contributed by atoms with Crippen LogP contribution in [0.1, 0.15) is 19.4 Å². The molecule has 4 aromatic rings. The van der Waals surface area contributed by atoms with Crippen molar-refractivity contribution in [3.63, 3.8) is 0 Å². The molecular formula is C35H41N3O8S3. The van der Waals surface area contributed by atoms with Gasteiger partial charge in [-0.2, -0.15) is 4.31 Å². The first kappa shape index (κ1) is 38.0. The van der Waals surface area contributed by atoms with Gasteiger partial charge in [0.15, 0.2) is 0 Å². The van der Waals surface area contributed by atoms with E-state index in [2.05, 4.69) is 4.72 Å². The van der Waals surface area contributed by atoms with Crippen LogP contribution in [0, 0.1) is 22.0 Å². The number of nitro groups is 1. The lowest BCUT2D eigenvalue weighted by atomic mass is 9.92. The number of rotatable bonds is 17. The molecule has 262 valence electrons. The Kier molecular flexibility index (Phi) is 13.0. The number of benzene rings is 4. The minimum absolute atomic E-state index is 0.0706. The van der Waals surface area contributed by atoms with Crippen LogP contribution in [0.25, 0.3) is 10.8 Å². The minimum Gasteiger partial charge on any atom is -0.391 e. The summed E-state index contributed by atoms with van der Waals surface area (Å²) in [5.41, 5.74) is 0.610. The van der Waals surface area contributed by atoms with Crippen molar-refractivity contribution < 1.29 is 31.1 Å². The van der Waals surface area contributed by atoms with Gasteiger partial charge in [-0.05, 0) is 52.9 Å². The molecule has 11 nitrogen and oxygen atoms in total. The molecule has 1 unspecified atom stereocenters. The summed E-state index contributed by atoms with van der Waals surface area (Å²) in [7, 11) is -9.49. The maximum atomic E-state index is 13.7. The van der Waals surface area contributed by atoms with Crippen molar-refractivity contribution in [3.8, 4) is 0 Å². The molecular weight excluding hydrogens is 687 g/mol. The Morgan fingerprint density at radius 3 is 2.12 bits per heavy atom. The van der Waals surface area contributed by atoms with E-state index in [1.54, 1.807) is 18.2 Å². The van der Waals surface area contributed by atoms with Crippen LogP contribution >= 0.6 is 0 Å². The highest BCUT2D eigenvalue weighted by atomic mass is 32.2. The SMILES string of the molecule is CC(C)CN(C[C@@H](O)[C@@H](/C=C/[C@@H](CS(=O)c1ccc2ccccc2c1)NS(C)(=O)=O)Cc1ccccc1)S(=O)(=O)c1ccc([N+](=O)[O-])cc1. The highest BCUT2D eigenvalue weighted by Crippen LogP contribution is 2.24. The lowest BCUT2D eigenvalue weighted by molar-refractivity contribution is -0.384. The van der Waals surface area contributed by atoms with E-state index >= 15 is 0 Å². The van der Waals surface area contributed by atoms with Gasteiger partial charge in [0.2, 0.25) is 20.0 Å². The number of nitrogens with zero attached hydrogens (tertiary/aromatic N) is 2.